The summed E-state index contributed by atoms with van der Waals surface area (Å²) in [6.45, 7) is 3.24. The second kappa shape index (κ2) is 7.32. The number of hydrogen-bond acceptors (Lipinski definition) is 2. The summed E-state index contributed by atoms with van der Waals surface area (Å²) in [6, 6.07) is 11.1. The lowest BCUT2D eigenvalue weighted by Gasteiger charge is -2.09. The predicted octanol–water partition coefficient (Wildman–Crippen LogP) is 3.15. The number of rotatable bonds is 6. The Morgan fingerprint density at radius 3 is 2.71 bits per heavy atom. The second-order valence-electron chi connectivity index (χ2n) is 3.17. The van der Waals surface area contributed by atoms with Gasteiger partial charge in [0.15, 0.2) is 0 Å². The largest absolute Gasteiger partial charge is 0.313 e. The van der Waals surface area contributed by atoms with Crippen LogP contribution in [0.25, 0.3) is 0 Å². The van der Waals surface area contributed by atoms with Gasteiger partial charge < -0.3 is 5.32 Å². The van der Waals surface area contributed by atoms with E-state index in [0.29, 0.717) is 6.04 Å². The van der Waals surface area contributed by atoms with Crippen LogP contribution in [-0.2, 0) is 0 Å². The van der Waals surface area contributed by atoms with Crippen LogP contribution in [-0.4, -0.2) is 23.7 Å². The van der Waals surface area contributed by atoms with Gasteiger partial charge in [0.25, 0.3) is 0 Å². The van der Waals surface area contributed by atoms with Crippen molar-refractivity contribution in [2.75, 3.05) is 17.6 Å². The number of benzene rings is 1. The molecule has 0 bridgehead atoms. The van der Waals surface area contributed by atoms with Crippen LogP contribution >= 0.6 is 27.7 Å². The van der Waals surface area contributed by atoms with E-state index in [4.69, 9.17) is 0 Å². The normalized spacial score (nSPS) is 12.7. The molecule has 0 fully saturated rings. The molecule has 1 atom stereocenters. The Morgan fingerprint density at radius 2 is 2.07 bits per heavy atom. The molecule has 0 spiro atoms. The highest BCUT2D eigenvalue weighted by Gasteiger charge is 1.97. The van der Waals surface area contributed by atoms with Gasteiger partial charge >= 0.3 is 0 Å². The summed E-state index contributed by atoms with van der Waals surface area (Å²) in [5.41, 5.74) is 0. The fourth-order valence-electron chi connectivity index (χ4n) is 1.05. The summed E-state index contributed by atoms with van der Waals surface area (Å²) in [5.74, 6) is 1.13. The van der Waals surface area contributed by atoms with E-state index in [0.717, 1.165) is 17.6 Å². The standard InChI is InChI=1S/C11H16BrNS/c1-10(9-12)13-7-8-14-11-5-3-2-4-6-11/h2-6,10,13H,7-9H2,1H3. The quantitative estimate of drug-likeness (QED) is 0.486. The third kappa shape index (κ3) is 5.03. The molecule has 0 radical (unpaired) electrons. The maximum Gasteiger partial charge on any atom is 0.0183 e. The van der Waals surface area contributed by atoms with Gasteiger partial charge in [0.2, 0.25) is 0 Å². The monoisotopic (exact) mass is 273 g/mol. The summed E-state index contributed by atoms with van der Waals surface area (Å²) in [7, 11) is 0. The molecule has 1 N–H and O–H groups in total. The van der Waals surface area contributed by atoms with Crippen LogP contribution in [0.5, 0.6) is 0 Å². The summed E-state index contributed by atoms with van der Waals surface area (Å²) in [4.78, 5) is 1.35. The molecule has 1 unspecified atom stereocenters. The molecule has 0 amide bonds. The molecule has 0 heterocycles. The van der Waals surface area contributed by atoms with E-state index >= 15 is 0 Å². The molecule has 0 aliphatic carbocycles. The molecule has 78 valence electrons. The van der Waals surface area contributed by atoms with Crippen molar-refractivity contribution in [3.63, 3.8) is 0 Å². The van der Waals surface area contributed by atoms with Crippen molar-refractivity contribution in [3.8, 4) is 0 Å². The van der Waals surface area contributed by atoms with Crippen LogP contribution in [0.3, 0.4) is 0 Å². The van der Waals surface area contributed by atoms with Crippen LogP contribution in [0.15, 0.2) is 35.2 Å². The molecule has 0 aliphatic heterocycles. The van der Waals surface area contributed by atoms with Gasteiger partial charge in [0, 0.05) is 28.6 Å². The van der Waals surface area contributed by atoms with Gasteiger partial charge in [-0.3, -0.25) is 0 Å². The van der Waals surface area contributed by atoms with Crippen molar-refractivity contribution in [2.24, 2.45) is 0 Å². The third-order valence-electron chi connectivity index (χ3n) is 1.84. The second-order valence-corrected chi connectivity index (χ2v) is 4.99. The summed E-state index contributed by atoms with van der Waals surface area (Å²) in [5, 5.41) is 4.45. The predicted molar refractivity (Wildman–Crippen MR) is 68.4 cm³/mol. The minimum absolute atomic E-state index is 0.561. The van der Waals surface area contributed by atoms with Gasteiger partial charge in [0.05, 0.1) is 0 Å². The Bertz CT molecular complexity index is 240. The van der Waals surface area contributed by atoms with Gasteiger partial charge in [-0.1, -0.05) is 34.1 Å². The molecule has 1 aromatic carbocycles. The van der Waals surface area contributed by atoms with Gasteiger partial charge in [-0.15, -0.1) is 11.8 Å². The maximum atomic E-state index is 3.44. The molecule has 14 heavy (non-hydrogen) atoms. The van der Waals surface area contributed by atoms with Crippen LogP contribution in [0.4, 0.5) is 0 Å². The zero-order chi connectivity index (χ0) is 10.2. The highest BCUT2D eigenvalue weighted by molar-refractivity contribution is 9.09. The maximum absolute atomic E-state index is 3.44. The van der Waals surface area contributed by atoms with E-state index in [1.807, 2.05) is 11.8 Å². The van der Waals surface area contributed by atoms with Crippen molar-refractivity contribution in [2.45, 2.75) is 17.9 Å². The molecule has 0 saturated carbocycles. The molecule has 0 aliphatic rings. The van der Waals surface area contributed by atoms with E-state index < -0.39 is 0 Å². The fraction of sp³-hybridized carbons (Fsp3) is 0.455. The Labute approximate surface area is 98.8 Å². The highest BCUT2D eigenvalue weighted by atomic mass is 79.9. The Kier molecular flexibility index (Phi) is 6.32. The third-order valence-corrected chi connectivity index (χ3v) is 3.82. The fourth-order valence-corrected chi connectivity index (χ4v) is 2.08. The van der Waals surface area contributed by atoms with E-state index in [-0.39, 0.29) is 0 Å². The van der Waals surface area contributed by atoms with Crippen molar-refractivity contribution < 1.29 is 0 Å². The first kappa shape index (κ1) is 12.1. The Morgan fingerprint density at radius 1 is 1.36 bits per heavy atom. The Hall–Kier alpha value is 0.0100. The SMILES string of the molecule is CC(CBr)NCCSc1ccccc1. The first-order valence-corrected chi connectivity index (χ1v) is 6.91. The molecule has 1 nitrogen and oxygen atoms in total. The molecule has 0 aromatic heterocycles. The van der Waals surface area contributed by atoms with Gasteiger partial charge in [-0.25, -0.2) is 0 Å². The minimum Gasteiger partial charge on any atom is -0.313 e. The van der Waals surface area contributed by atoms with Crippen LogP contribution in [0.1, 0.15) is 6.92 Å². The van der Waals surface area contributed by atoms with Crippen LogP contribution < -0.4 is 5.32 Å². The summed E-state index contributed by atoms with van der Waals surface area (Å²) >= 11 is 5.34. The number of thioether (sulfide) groups is 1. The first-order chi connectivity index (χ1) is 6.83. The zero-order valence-corrected chi connectivity index (χ0v) is 10.8. The lowest BCUT2D eigenvalue weighted by Crippen LogP contribution is -2.29. The average molecular weight is 274 g/mol. The summed E-state index contributed by atoms with van der Waals surface area (Å²) in [6.07, 6.45) is 0. The Balaban J connectivity index is 2.10. The molecule has 1 aromatic rings. The highest BCUT2D eigenvalue weighted by Crippen LogP contribution is 2.15. The van der Waals surface area contributed by atoms with E-state index in [1.165, 1.54) is 4.90 Å². The molecule has 1 rings (SSSR count). The van der Waals surface area contributed by atoms with Crippen molar-refractivity contribution >= 4 is 27.7 Å². The summed E-state index contributed by atoms with van der Waals surface area (Å²) < 4.78 is 0. The zero-order valence-electron chi connectivity index (χ0n) is 8.37. The van der Waals surface area contributed by atoms with Crippen molar-refractivity contribution in [1.29, 1.82) is 0 Å². The van der Waals surface area contributed by atoms with E-state index in [2.05, 4.69) is 58.5 Å². The van der Waals surface area contributed by atoms with Crippen molar-refractivity contribution in [3.05, 3.63) is 30.3 Å². The minimum atomic E-state index is 0.561. The first-order valence-electron chi connectivity index (χ1n) is 4.80. The van der Waals surface area contributed by atoms with Crippen LogP contribution in [0.2, 0.25) is 0 Å². The van der Waals surface area contributed by atoms with E-state index in [9.17, 15) is 0 Å². The van der Waals surface area contributed by atoms with Gasteiger partial charge in [0.1, 0.15) is 0 Å². The smallest absolute Gasteiger partial charge is 0.0183 e. The molecular formula is C11H16BrNS. The van der Waals surface area contributed by atoms with Gasteiger partial charge in [-0.05, 0) is 19.1 Å². The lowest BCUT2D eigenvalue weighted by molar-refractivity contribution is 0.626. The van der Waals surface area contributed by atoms with Gasteiger partial charge in [-0.2, -0.15) is 0 Å². The topological polar surface area (TPSA) is 12.0 Å². The van der Waals surface area contributed by atoms with Crippen molar-refractivity contribution in [1.82, 2.24) is 5.32 Å². The molecule has 3 heteroatoms. The average Bonchev–Trinajstić information content (AvgIpc) is 2.25. The molecular weight excluding hydrogens is 258 g/mol. The number of hydrogen-bond donors (Lipinski definition) is 1. The van der Waals surface area contributed by atoms with E-state index in [1.54, 1.807) is 0 Å². The number of alkyl halides is 1. The molecule has 0 saturated heterocycles. The number of halogens is 1. The number of nitrogens with one attached hydrogen (secondary N) is 1. The lowest BCUT2D eigenvalue weighted by atomic mass is 10.4. The van der Waals surface area contributed by atoms with Crippen LogP contribution in [0, 0.1) is 0 Å².